The lowest BCUT2D eigenvalue weighted by molar-refractivity contribution is -0.384. The third-order valence-electron chi connectivity index (χ3n) is 4.61. The summed E-state index contributed by atoms with van der Waals surface area (Å²) in [4.78, 5) is 22.3. The van der Waals surface area contributed by atoms with Crippen molar-refractivity contribution >= 4 is 28.4 Å². The highest BCUT2D eigenvalue weighted by Gasteiger charge is 2.15. The average Bonchev–Trinajstić information content (AvgIpc) is 2.73. The van der Waals surface area contributed by atoms with Crippen LogP contribution in [0.3, 0.4) is 0 Å². The number of thioether (sulfide) groups is 1. The molecular weight excluding hydrogens is 376 g/mol. The molecule has 7 nitrogen and oxygen atoms in total. The quantitative estimate of drug-likeness (QED) is 0.272. The van der Waals surface area contributed by atoms with Gasteiger partial charge in [0.1, 0.15) is 10.9 Å². The highest BCUT2D eigenvalue weighted by molar-refractivity contribution is 7.98. The van der Waals surface area contributed by atoms with Gasteiger partial charge >= 0.3 is 0 Å². The predicted octanol–water partition coefficient (Wildman–Crippen LogP) is 3.66. The molecule has 2 aromatic carbocycles. The van der Waals surface area contributed by atoms with Crippen LogP contribution in [-0.2, 0) is 17.0 Å². The number of non-ortho nitro benzene ring substituents is 1. The van der Waals surface area contributed by atoms with Gasteiger partial charge in [-0.2, -0.15) is 0 Å². The maximum Gasteiger partial charge on any atom is 0.269 e. The van der Waals surface area contributed by atoms with Gasteiger partial charge in [-0.15, -0.1) is 11.8 Å². The lowest BCUT2D eigenvalue weighted by atomic mass is 10.2. The molecule has 1 fully saturated rings. The van der Waals surface area contributed by atoms with Gasteiger partial charge in [0, 0.05) is 36.4 Å². The van der Waals surface area contributed by atoms with Crippen molar-refractivity contribution in [3.8, 4) is 0 Å². The van der Waals surface area contributed by atoms with Crippen LogP contribution in [0.15, 0.2) is 53.6 Å². The van der Waals surface area contributed by atoms with Gasteiger partial charge in [0.25, 0.3) is 5.69 Å². The zero-order valence-electron chi connectivity index (χ0n) is 15.3. The second-order valence-electron chi connectivity index (χ2n) is 6.56. The fourth-order valence-corrected chi connectivity index (χ4v) is 4.09. The maximum atomic E-state index is 10.8. The van der Waals surface area contributed by atoms with Crippen LogP contribution >= 0.6 is 11.8 Å². The number of rotatable bonds is 6. The number of morpholine rings is 1. The summed E-state index contributed by atoms with van der Waals surface area (Å²) in [7, 11) is 0. The fraction of sp³-hybridized carbons (Fsp3) is 0.300. The lowest BCUT2D eigenvalue weighted by Crippen LogP contribution is -2.36. The summed E-state index contributed by atoms with van der Waals surface area (Å²) >= 11 is 1.63. The van der Waals surface area contributed by atoms with Crippen LogP contribution in [0.1, 0.15) is 11.4 Å². The van der Waals surface area contributed by atoms with E-state index in [1.54, 1.807) is 23.9 Å². The molecule has 0 radical (unpaired) electrons. The van der Waals surface area contributed by atoms with Crippen molar-refractivity contribution < 1.29 is 9.66 Å². The summed E-state index contributed by atoms with van der Waals surface area (Å²) in [5, 5.41) is 12.8. The molecule has 0 N–H and O–H groups in total. The number of hydrogen-bond donors (Lipinski definition) is 0. The molecule has 0 bridgehead atoms. The first-order chi connectivity index (χ1) is 13.7. The minimum Gasteiger partial charge on any atom is -0.379 e. The van der Waals surface area contributed by atoms with E-state index < -0.39 is 0 Å². The Morgan fingerprint density at radius 2 is 1.82 bits per heavy atom. The number of nitro groups is 1. The van der Waals surface area contributed by atoms with E-state index in [4.69, 9.17) is 14.7 Å². The van der Waals surface area contributed by atoms with Crippen molar-refractivity contribution in [2.75, 3.05) is 26.3 Å². The Morgan fingerprint density at radius 1 is 1.07 bits per heavy atom. The monoisotopic (exact) mass is 396 g/mol. The fourth-order valence-electron chi connectivity index (χ4n) is 3.10. The number of ether oxygens (including phenoxy) is 1. The van der Waals surface area contributed by atoms with Gasteiger partial charge in [-0.3, -0.25) is 15.0 Å². The molecular formula is C20H20N4O3S. The molecule has 28 heavy (non-hydrogen) atoms. The normalized spacial score (nSPS) is 15.0. The predicted molar refractivity (Wildman–Crippen MR) is 108 cm³/mol. The number of benzene rings is 2. The molecule has 0 unspecified atom stereocenters. The Labute approximate surface area is 166 Å². The molecule has 3 aromatic rings. The van der Waals surface area contributed by atoms with Crippen molar-refractivity contribution in [1.29, 1.82) is 0 Å². The van der Waals surface area contributed by atoms with Crippen LogP contribution in [-0.4, -0.2) is 46.1 Å². The van der Waals surface area contributed by atoms with Crippen molar-refractivity contribution in [1.82, 2.24) is 14.9 Å². The first-order valence-electron chi connectivity index (χ1n) is 9.11. The molecule has 0 saturated carbocycles. The summed E-state index contributed by atoms with van der Waals surface area (Å²) in [6.07, 6.45) is 0. The topological polar surface area (TPSA) is 81.4 Å². The van der Waals surface area contributed by atoms with E-state index in [0.29, 0.717) is 12.3 Å². The maximum absolute atomic E-state index is 10.8. The Morgan fingerprint density at radius 3 is 2.57 bits per heavy atom. The van der Waals surface area contributed by atoms with Gasteiger partial charge in [-0.1, -0.05) is 30.3 Å². The standard InChI is InChI=1S/C20H20N4O3S/c25-24(26)16-7-5-15(6-8-16)14-28-20-17-3-1-2-4-18(17)21-19(22-20)13-23-9-11-27-12-10-23/h1-8H,9-14H2. The minimum absolute atomic E-state index is 0.106. The summed E-state index contributed by atoms with van der Waals surface area (Å²) in [6.45, 7) is 3.98. The van der Waals surface area contributed by atoms with E-state index in [1.807, 2.05) is 24.3 Å². The van der Waals surface area contributed by atoms with E-state index in [-0.39, 0.29) is 10.6 Å². The van der Waals surface area contributed by atoms with Crippen LogP contribution in [0.5, 0.6) is 0 Å². The van der Waals surface area contributed by atoms with E-state index in [1.165, 1.54) is 12.1 Å². The average molecular weight is 396 g/mol. The highest BCUT2D eigenvalue weighted by Crippen LogP contribution is 2.29. The van der Waals surface area contributed by atoms with Gasteiger partial charge in [0.2, 0.25) is 0 Å². The van der Waals surface area contributed by atoms with Crippen LogP contribution in [0.4, 0.5) is 5.69 Å². The highest BCUT2D eigenvalue weighted by atomic mass is 32.2. The molecule has 2 heterocycles. The van der Waals surface area contributed by atoms with Crippen LogP contribution < -0.4 is 0 Å². The number of para-hydroxylation sites is 1. The molecule has 1 aliphatic heterocycles. The third kappa shape index (κ3) is 4.46. The van der Waals surface area contributed by atoms with Gasteiger partial charge < -0.3 is 4.74 Å². The molecule has 0 aliphatic carbocycles. The molecule has 1 aromatic heterocycles. The molecule has 1 saturated heterocycles. The second-order valence-corrected chi connectivity index (χ2v) is 7.53. The SMILES string of the molecule is O=[N+]([O-])c1ccc(CSc2nc(CN3CCOCC3)nc3ccccc23)cc1. The summed E-state index contributed by atoms with van der Waals surface area (Å²) in [6, 6.07) is 14.7. The van der Waals surface area contributed by atoms with Crippen LogP contribution in [0, 0.1) is 10.1 Å². The lowest BCUT2D eigenvalue weighted by Gasteiger charge is -2.25. The van der Waals surface area contributed by atoms with Crippen molar-refractivity contribution in [2.45, 2.75) is 17.3 Å². The summed E-state index contributed by atoms with van der Waals surface area (Å²) in [5.74, 6) is 1.50. The molecule has 4 rings (SSSR count). The van der Waals surface area contributed by atoms with Crippen molar-refractivity contribution in [2.24, 2.45) is 0 Å². The second kappa shape index (κ2) is 8.64. The minimum atomic E-state index is -0.382. The zero-order valence-corrected chi connectivity index (χ0v) is 16.1. The first-order valence-corrected chi connectivity index (χ1v) is 10.1. The molecule has 0 amide bonds. The molecule has 0 atom stereocenters. The Kier molecular flexibility index (Phi) is 5.80. The number of nitrogens with zero attached hydrogens (tertiary/aromatic N) is 4. The molecule has 8 heteroatoms. The number of nitro benzene ring substituents is 1. The molecule has 0 spiro atoms. The zero-order chi connectivity index (χ0) is 19.3. The van der Waals surface area contributed by atoms with Gasteiger partial charge in [-0.25, -0.2) is 9.97 Å². The van der Waals surface area contributed by atoms with Gasteiger partial charge in [0.15, 0.2) is 0 Å². The summed E-state index contributed by atoms with van der Waals surface area (Å²) in [5.41, 5.74) is 2.06. The number of hydrogen-bond acceptors (Lipinski definition) is 7. The van der Waals surface area contributed by atoms with Crippen molar-refractivity contribution in [3.63, 3.8) is 0 Å². The smallest absolute Gasteiger partial charge is 0.269 e. The number of aromatic nitrogens is 2. The van der Waals surface area contributed by atoms with E-state index in [9.17, 15) is 10.1 Å². The Balaban J connectivity index is 1.55. The van der Waals surface area contributed by atoms with E-state index in [2.05, 4.69) is 4.90 Å². The molecule has 1 aliphatic rings. The Bertz CT molecular complexity index is 975. The van der Waals surface area contributed by atoms with Gasteiger partial charge in [0.05, 0.1) is 30.2 Å². The Hall–Kier alpha value is -2.55. The van der Waals surface area contributed by atoms with E-state index >= 15 is 0 Å². The summed E-state index contributed by atoms with van der Waals surface area (Å²) < 4.78 is 5.41. The number of fused-ring (bicyclic) bond motifs is 1. The van der Waals surface area contributed by atoms with Crippen molar-refractivity contribution in [3.05, 3.63) is 70.0 Å². The van der Waals surface area contributed by atoms with E-state index in [0.717, 1.165) is 53.6 Å². The largest absolute Gasteiger partial charge is 0.379 e. The first kappa shape index (κ1) is 18.8. The van der Waals surface area contributed by atoms with Gasteiger partial charge in [-0.05, 0) is 11.6 Å². The molecule has 144 valence electrons. The van der Waals surface area contributed by atoms with Crippen LogP contribution in [0.2, 0.25) is 0 Å². The third-order valence-corrected chi connectivity index (χ3v) is 5.67. The van der Waals surface area contributed by atoms with Crippen LogP contribution in [0.25, 0.3) is 10.9 Å².